The van der Waals surface area contributed by atoms with Gasteiger partial charge in [0.15, 0.2) is 0 Å². The molecule has 3 rings (SSSR count). The van der Waals surface area contributed by atoms with Gasteiger partial charge in [-0.3, -0.25) is 0 Å². The normalized spacial score (nSPS) is 15.5. The third-order valence-electron chi connectivity index (χ3n) is 3.48. The van der Waals surface area contributed by atoms with Crippen LogP contribution in [-0.4, -0.2) is 10.3 Å². The minimum atomic E-state index is -4.72. The van der Waals surface area contributed by atoms with E-state index in [9.17, 15) is 22.7 Å². The Kier molecular flexibility index (Phi) is 3.24. The second kappa shape index (κ2) is 4.84. The highest BCUT2D eigenvalue weighted by atomic mass is 19.4. The molecule has 112 valence electrons. The summed E-state index contributed by atoms with van der Waals surface area (Å²) in [5.41, 5.74) is -1.95. The Morgan fingerprint density at radius 3 is 2.57 bits per heavy atom. The first kappa shape index (κ1) is 14.1. The molecule has 0 amide bonds. The van der Waals surface area contributed by atoms with E-state index in [2.05, 4.69) is 5.16 Å². The van der Waals surface area contributed by atoms with Crippen LogP contribution in [0.3, 0.4) is 0 Å². The number of nitrogens with zero attached hydrogens (tertiary/aromatic N) is 1. The molecule has 1 fully saturated rings. The van der Waals surface area contributed by atoms with Crippen molar-refractivity contribution in [3.8, 4) is 11.3 Å². The third-order valence-corrected chi connectivity index (χ3v) is 3.48. The molecule has 1 aromatic heterocycles. The molecule has 0 unspecified atom stereocenters. The number of benzene rings is 1. The fourth-order valence-corrected chi connectivity index (χ4v) is 2.34. The first-order valence-corrected chi connectivity index (χ1v) is 6.39. The SMILES string of the molecule is OCc1c(-c2c(F)cccc2C(F)(F)F)noc1C1CC1. The summed E-state index contributed by atoms with van der Waals surface area (Å²) in [7, 11) is 0. The van der Waals surface area contributed by atoms with Crippen molar-refractivity contribution in [2.24, 2.45) is 0 Å². The van der Waals surface area contributed by atoms with Crippen LogP contribution in [0.15, 0.2) is 22.7 Å². The quantitative estimate of drug-likeness (QED) is 0.875. The van der Waals surface area contributed by atoms with Crippen molar-refractivity contribution >= 4 is 0 Å². The summed E-state index contributed by atoms with van der Waals surface area (Å²) in [4.78, 5) is 0. The molecule has 3 nitrogen and oxygen atoms in total. The molecule has 1 aliphatic carbocycles. The summed E-state index contributed by atoms with van der Waals surface area (Å²) in [6.45, 7) is -0.545. The predicted molar refractivity (Wildman–Crippen MR) is 64.8 cm³/mol. The van der Waals surface area contributed by atoms with E-state index in [0.717, 1.165) is 31.0 Å². The van der Waals surface area contributed by atoms with E-state index in [-0.39, 0.29) is 17.2 Å². The van der Waals surface area contributed by atoms with E-state index in [1.165, 1.54) is 0 Å². The maximum atomic E-state index is 13.9. The zero-order valence-electron chi connectivity index (χ0n) is 10.7. The molecule has 2 aromatic rings. The smallest absolute Gasteiger partial charge is 0.391 e. The van der Waals surface area contributed by atoms with E-state index < -0.39 is 29.7 Å². The van der Waals surface area contributed by atoms with Gasteiger partial charge in [0.25, 0.3) is 0 Å². The Labute approximate surface area is 117 Å². The van der Waals surface area contributed by atoms with Crippen molar-refractivity contribution in [2.45, 2.75) is 31.5 Å². The summed E-state index contributed by atoms with van der Waals surface area (Å²) in [5.74, 6) is -0.645. The fourth-order valence-electron chi connectivity index (χ4n) is 2.34. The number of aliphatic hydroxyl groups excluding tert-OH is 1. The number of aliphatic hydroxyl groups is 1. The van der Waals surface area contributed by atoms with E-state index in [1.807, 2.05) is 0 Å². The zero-order valence-corrected chi connectivity index (χ0v) is 10.7. The maximum absolute atomic E-state index is 13.9. The summed E-state index contributed by atoms with van der Waals surface area (Å²) >= 11 is 0. The average Bonchev–Trinajstić information content (AvgIpc) is 3.17. The largest absolute Gasteiger partial charge is 0.417 e. The van der Waals surface area contributed by atoms with Gasteiger partial charge in [0.05, 0.1) is 17.7 Å². The molecule has 0 aliphatic heterocycles. The number of halogens is 4. The van der Waals surface area contributed by atoms with Gasteiger partial charge in [0.1, 0.15) is 17.3 Å². The van der Waals surface area contributed by atoms with Gasteiger partial charge in [-0.15, -0.1) is 0 Å². The molecule has 0 radical (unpaired) electrons. The van der Waals surface area contributed by atoms with Crippen LogP contribution in [-0.2, 0) is 12.8 Å². The van der Waals surface area contributed by atoms with Gasteiger partial charge in [0.2, 0.25) is 0 Å². The molecule has 1 heterocycles. The third kappa shape index (κ3) is 2.42. The molecule has 21 heavy (non-hydrogen) atoms. The summed E-state index contributed by atoms with van der Waals surface area (Å²) in [6.07, 6.45) is -3.07. The van der Waals surface area contributed by atoms with Crippen LogP contribution in [0.2, 0.25) is 0 Å². The highest BCUT2D eigenvalue weighted by Crippen LogP contribution is 2.46. The first-order chi connectivity index (χ1) is 9.93. The van der Waals surface area contributed by atoms with Crippen LogP contribution in [0, 0.1) is 5.82 Å². The lowest BCUT2D eigenvalue weighted by Gasteiger charge is -2.12. The highest BCUT2D eigenvalue weighted by Gasteiger charge is 2.38. The molecule has 7 heteroatoms. The number of aromatic nitrogens is 1. The van der Waals surface area contributed by atoms with Gasteiger partial charge in [-0.25, -0.2) is 4.39 Å². The van der Waals surface area contributed by atoms with Crippen LogP contribution in [0.25, 0.3) is 11.3 Å². The van der Waals surface area contributed by atoms with Gasteiger partial charge < -0.3 is 9.63 Å². The fraction of sp³-hybridized carbons (Fsp3) is 0.357. The second-order valence-electron chi connectivity index (χ2n) is 4.97. The van der Waals surface area contributed by atoms with E-state index in [4.69, 9.17) is 4.52 Å². The van der Waals surface area contributed by atoms with Crippen molar-refractivity contribution in [1.82, 2.24) is 5.16 Å². The lowest BCUT2D eigenvalue weighted by atomic mass is 9.99. The van der Waals surface area contributed by atoms with Crippen LogP contribution in [0.1, 0.15) is 35.6 Å². The molecule has 0 spiro atoms. The molecule has 0 atom stereocenters. The Bertz CT molecular complexity index is 674. The molecule has 1 N–H and O–H groups in total. The van der Waals surface area contributed by atoms with Crippen molar-refractivity contribution in [3.63, 3.8) is 0 Å². The molecular formula is C14H11F4NO2. The van der Waals surface area contributed by atoms with E-state index in [1.54, 1.807) is 0 Å². The summed E-state index contributed by atoms with van der Waals surface area (Å²) in [6, 6.07) is 2.70. The van der Waals surface area contributed by atoms with Crippen molar-refractivity contribution in [2.75, 3.05) is 0 Å². The van der Waals surface area contributed by atoms with Crippen LogP contribution in [0.4, 0.5) is 17.6 Å². The highest BCUT2D eigenvalue weighted by molar-refractivity contribution is 5.69. The zero-order chi connectivity index (χ0) is 15.2. The monoisotopic (exact) mass is 301 g/mol. The van der Waals surface area contributed by atoms with Crippen LogP contribution in [0.5, 0.6) is 0 Å². The lowest BCUT2D eigenvalue weighted by Crippen LogP contribution is -2.09. The van der Waals surface area contributed by atoms with E-state index >= 15 is 0 Å². The molecular weight excluding hydrogens is 290 g/mol. The Hall–Kier alpha value is -1.89. The Morgan fingerprint density at radius 2 is 2.00 bits per heavy atom. The molecule has 0 bridgehead atoms. The molecule has 1 saturated carbocycles. The number of hydrogen-bond donors (Lipinski definition) is 1. The molecule has 1 aliphatic rings. The van der Waals surface area contributed by atoms with Crippen LogP contribution < -0.4 is 0 Å². The number of hydrogen-bond acceptors (Lipinski definition) is 3. The number of rotatable bonds is 3. The van der Waals surface area contributed by atoms with Crippen molar-refractivity contribution < 1.29 is 27.2 Å². The van der Waals surface area contributed by atoms with Gasteiger partial charge >= 0.3 is 6.18 Å². The predicted octanol–water partition coefficient (Wildman–Crippen LogP) is 3.87. The Balaban J connectivity index is 2.21. The van der Waals surface area contributed by atoms with Crippen molar-refractivity contribution in [1.29, 1.82) is 0 Å². The minimum Gasteiger partial charge on any atom is -0.391 e. The Morgan fingerprint density at radius 1 is 1.29 bits per heavy atom. The molecule has 0 saturated heterocycles. The lowest BCUT2D eigenvalue weighted by molar-refractivity contribution is -0.137. The van der Waals surface area contributed by atoms with Gasteiger partial charge in [-0.05, 0) is 25.0 Å². The molecule has 1 aromatic carbocycles. The summed E-state index contributed by atoms with van der Waals surface area (Å²) in [5, 5.41) is 13.0. The topological polar surface area (TPSA) is 46.3 Å². The second-order valence-corrected chi connectivity index (χ2v) is 4.97. The first-order valence-electron chi connectivity index (χ1n) is 6.39. The van der Waals surface area contributed by atoms with Gasteiger partial charge in [0, 0.05) is 11.5 Å². The average molecular weight is 301 g/mol. The van der Waals surface area contributed by atoms with E-state index in [0.29, 0.717) is 5.76 Å². The minimum absolute atomic E-state index is 0.0505. The van der Waals surface area contributed by atoms with Gasteiger partial charge in [-0.2, -0.15) is 13.2 Å². The number of alkyl halides is 3. The van der Waals surface area contributed by atoms with Crippen LogP contribution >= 0.6 is 0 Å². The maximum Gasteiger partial charge on any atom is 0.417 e. The van der Waals surface area contributed by atoms with Gasteiger partial charge in [-0.1, -0.05) is 11.2 Å². The summed E-state index contributed by atoms with van der Waals surface area (Å²) < 4.78 is 58.1. The standard InChI is InChI=1S/C14H11F4NO2/c15-10-3-1-2-9(14(16,17)18)11(10)12-8(6-20)13(21-19-12)7-4-5-7/h1-3,7,20H,4-6H2. The van der Waals surface area contributed by atoms with Crippen molar-refractivity contribution in [3.05, 3.63) is 40.9 Å².